The maximum Gasteiger partial charge on any atom is 0.115 e. The lowest BCUT2D eigenvalue weighted by atomic mass is 10.1. The van der Waals surface area contributed by atoms with Crippen LogP contribution in [0, 0.1) is 11.3 Å². The van der Waals surface area contributed by atoms with E-state index < -0.39 is 0 Å². The highest BCUT2D eigenvalue weighted by Crippen LogP contribution is 2.14. The molecule has 0 saturated heterocycles. The Hall–Kier alpha value is -1.83. The number of benzene rings is 1. The van der Waals surface area contributed by atoms with Gasteiger partial charge in [0.05, 0.1) is 0 Å². The summed E-state index contributed by atoms with van der Waals surface area (Å²) in [6.45, 7) is 1.68. The second-order valence-electron chi connectivity index (χ2n) is 3.97. The van der Waals surface area contributed by atoms with Gasteiger partial charge in [0.2, 0.25) is 0 Å². The topological polar surface area (TPSA) is 56.0 Å². The van der Waals surface area contributed by atoms with Crippen LogP contribution in [0.3, 0.4) is 0 Å². The van der Waals surface area contributed by atoms with Crippen LogP contribution in [0.25, 0.3) is 0 Å². The first kappa shape index (κ1) is 12.6. The molecule has 2 N–H and O–H groups in total. The van der Waals surface area contributed by atoms with Gasteiger partial charge in [-0.15, -0.1) is 11.3 Å². The lowest BCUT2D eigenvalue weighted by Gasteiger charge is -2.03. The molecule has 0 aliphatic heterocycles. The van der Waals surface area contributed by atoms with Crippen LogP contribution in [0.1, 0.15) is 15.3 Å². The molecule has 0 aliphatic rings. The lowest BCUT2D eigenvalue weighted by Crippen LogP contribution is -2.15. The Bertz CT molecular complexity index is 540. The second-order valence-corrected chi connectivity index (χ2v) is 5.14. The van der Waals surface area contributed by atoms with Crippen LogP contribution in [0.15, 0.2) is 36.4 Å². The molecule has 1 aromatic carbocycles. The van der Waals surface area contributed by atoms with E-state index in [-0.39, 0.29) is 0 Å². The van der Waals surface area contributed by atoms with Crippen molar-refractivity contribution in [3.63, 3.8) is 0 Å². The van der Waals surface area contributed by atoms with Crippen LogP contribution >= 0.6 is 11.3 Å². The molecule has 1 aromatic heterocycles. The minimum absolute atomic E-state index is 0.300. The molecule has 4 heteroatoms. The molecule has 0 radical (unpaired) electrons. The van der Waals surface area contributed by atoms with Crippen molar-refractivity contribution in [1.29, 1.82) is 5.26 Å². The van der Waals surface area contributed by atoms with Gasteiger partial charge in [0, 0.05) is 11.4 Å². The summed E-state index contributed by atoms with van der Waals surface area (Å²) in [4.78, 5) is 1.93. The molecule has 0 spiro atoms. The molecule has 0 unspecified atom stereocenters. The van der Waals surface area contributed by atoms with Gasteiger partial charge in [0.1, 0.15) is 16.7 Å². The van der Waals surface area contributed by atoms with Crippen molar-refractivity contribution >= 4 is 11.3 Å². The lowest BCUT2D eigenvalue weighted by molar-refractivity contribution is 0.475. The molecule has 1 heterocycles. The molecule has 92 valence electrons. The number of aromatic hydroxyl groups is 1. The summed E-state index contributed by atoms with van der Waals surface area (Å²) in [5.41, 5.74) is 1.20. The predicted molar refractivity (Wildman–Crippen MR) is 72.6 cm³/mol. The summed E-state index contributed by atoms with van der Waals surface area (Å²) in [6.07, 6.45) is 0.927. The van der Waals surface area contributed by atoms with E-state index in [1.165, 1.54) is 21.8 Å². The van der Waals surface area contributed by atoms with Crippen LogP contribution in [0.2, 0.25) is 0 Å². The Labute approximate surface area is 110 Å². The standard InChI is InChI=1S/C14H14N2OS/c15-9-13-5-6-14(18-13)10-16-8-7-11-1-3-12(17)4-2-11/h1-6,16-17H,7-8,10H2. The van der Waals surface area contributed by atoms with Crippen molar-refractivity contribution in [3.8, 4) is 11.8 Å². The van der Waals surface area contributed by atoms with Gasteiger partial charge >= 0.3 is 0 Å². The van der Waals surface area contributed by atoms with Gasteiger partial charge < -0.3 is 10.4 Å². The number of hydrogen-bond donors (Lipinski definition) is 2. The molecule has 18 heavy (non-hydrogen) atoms. The predicted octanol–water partition coefficient (Wildman–Crippen LogP) is 2.66. The van der Waals surface area contributed by atoms with Crippen LogP contribution in [0.5, 0.6) is 5.75 Å². The average Bonchev–Trinajstić information content (AvgIpc) is 2.85. The Balaban J connectivity index is 1.73. The molecular weight excluding hydrogens is 244 g/mol. The van der Waals surface area contributed by atoms with Gasteiger partial charge in [-0.3, -0.25) is 0 Å². The summed E-state index contributed by atoms with van der Waals surface area (Å²) in [5.74, 6) is 0.300. The summed E-state index contributed by atoms with van der Waals surface area (Å²) in [5, 5.41) is 21.2. The maximum atomic E-state index is 9.16. The van der Waals surface area contributed by atoms with E-state index in [9.17, 15) is 0 Å². The van der Waals surface area contributed by atoms with E-state index in [2.05, 4.69) is 11.4 Å². The fraction of sp³-hybridized carbons (Fsp3) is 0.214. The molecular formula is C14H14N2OS. The average molecular weight is 258 g/mol. The Kier molecular flexibility index (Phi) is 4.35. The van der Waals surface area contributed by atoms with Crippen LogP contribution in [-0.4, -0.2) is 11.7 Å². The summed E-state index contributed by atoms with van der Waals surface area (Å²) in [7, 11) is 0. The third-order valence-corrected chi connectivity index (χ3v) is 3.59. The van der Waals surface area contributed by atoms with Crippen molar-refractivity contribution in [2.75, 3.05) is 6.54 Å². The van der Waals surface area contributed by atoms with Gasteiger partial charge in [0.25, 0.3) is 0 Å². The first-order valence-electron chi connectivity index (χ1n) is 5.75. The zero-order chi connectivity index (χ0) is 12.8. The third kappa shape index (κ3) is 3.59. The monoisotopic (exact) mass is 258 g/mol. The Morgan fingerprint density at radius 3 is 2.61 bits per heavy atom. The van der Waals surface area contributed by atoms with Gasteiger partial charge in [-0.25, -0.2) is 0 Å². The number of thiophene rings is 1. The van der Waals surface area contributed by atoms with E-state index in [0.717, 1.165) is 24.4 Å². The van der Waals surface area contributed by atoms with Gasteiger partial charge in [-0.05, 0) is 42.8 Å². The highest BCUT2D eigenvalue weighted by molar-refractivity contribution is 7.12. The van der Waals surface area contributed by atoms with E-state index in [4.69, 9.17) is 10.4 Å². The van der Waals surface area contributed by atoms with Crippen molar-refractivity contribution in [3.05, 3.63) is 51.7 Å². The highest BCUT2D eigenvalue weighted by Gasteiger charge is 1.99. The van der Waals surface area contributed by atoms with Crippen LogP contribution in [-0.2, 0) is 13.0 Å². The van der Waals surface area contributed by atoms with Crippen LogP contribution in [0.4, 0.5) is 0 Å². The zero-order valence-electron chi connectivity index (χ0n) is 9.89. The quantitative estimate of drug-likeness (QED) is 0.811. The smallest absolute Gasteiger partial charge is 0.115 e. The van der Waals surface area contributed by atoms with Gasteiger partial charge in [0.15, 0.2) is 0 Å². The minimum atomic E-state index is 0.300. The molecule has 0 fully saturated rings. The Morgan fingerprint density at radius 1 is 1.17 bits per heavy atom. The number of nitrogens with zero attached hydrogens (tertiary/aromatic N) is 1. The molecule has 0 atom stereocenters. The first-order chi connectivity index (χ1) is 8.78. The van der Waals surface area contributed by atoms with Gasteiger partial charge in [-0.1, -0.05) is 12.1 Å². The number of phenolic OH excluding ortho intramolecular Hbond substituents is 1. The zero-order valence-corrected chi connectivity index (χ0v) is 10.7. The summed E-state index contributed by atoms with van der Waals surface area (Å²) >= 11 is 1.52. The molecule has 2 aromatic rings. The first-order valence-corrected chi connectivity index (χ1v) is 6.57. The van der Waals surface area contributed by atoms with Gasteiger partial charge in [-0.2, -0.15) is 5.26 Å². The number of rotatable bonds is 5. The number of nitriles is 1. The number of nitrogens with one attached hydrogen (secondary N) is 1. The molecule has 0 saturated carbocycles. The molecule has 0 amide bonds. The molecule has 0 aliphatic carbocycles. The fourth-order valence-corrected chi connectivity index (χ4v) is 2.41. The van der Waals surface area contributed by atoms with Crippen molar-refractivity contribution in [2.45, 2.75) is 13.0 Å². The summed E-state index contributed by atoms with van der Waals surface area (Å²) < 4.78 is 0. The fourth-order valence-electron chi connectivity index (χ4n) is 1.64. The largest absolute Gasteiger partial charge is 0.508 e. The van der Waals surface area contributed by atoms with Crippen molar-refractivity contribution in [1.82, 2.24) is 5.32 Å². The molecule has 2 rings (SSSR count). The third-order valence-electron chi connectivity index (χ3n) is 2.60. The van der Waals surface area contributed by atoms with E-state index in [1.54, 1.807) is 12.1 Å². The SMILES string of the molecule is N#Cc1ccc(CNCCc2ccc(O)cc2)s1. The highest BCUT2D eigenvalue weighted by atomic mass is 32.1. The number of hydrogen-bond acceptors (Lipinski definition) is 4. The Morgan fingerprint density at radius 2 is 1.94 bits per heavy atom. The van der Waals surface area contributed by atoms with E-state index in [1.807, 2.05) is 24.3 Å². The van der Waals surface area contributed by atoms with Crippen LogP contribution < -0.4 is 5.32 Å². The second kappa shape index (κ2) is 6.20. The summed E-state index contributed by atoms with van der Waals surface area (Å²) in [6, 6.07) is 13.2. The molecule has 0 bridgehead atoms. The van der Waals surface area contributed by atoms with Crippen molar-refractivity contribution < 1.29 is 5.11 Å². The van der Waals surface area contributed by atoms with Crippen molar-refractivity contribution in [2.24, 2.45) is 0 Å². The number of phenols is 1. The van der Waals surface area contributed by atoms with E-state index in [0.29, 0.717) is 5.75 Å². The minimum Gasteiger partial charge on any atom is -0.508 e. The molecule has 3 nitrogen and oxygen atoms in total. The van der Waals surface area contributed by atoms with E-state index >= 15 is 0 Å². The maximum absolute atomic E-state index is 9.16. The normalized spacial score (nSPS) is 10.2.